The molecule has 0 aliphatic heterocycles. The number of benzene rings is 4. The van der Waals surface area contributed by atoms with Crippen LogP contribution >= 0.6 is 0 Å². The van der Waals surface area contributed by atoms with E-state index in [0.717, 1.165) is 10.8 Å². The van der Waals surface area contributed by atoms with Crippen molar-refractivity contribution in [1.82, 2.24) is 10.1 Å². The quantitative estimate of drug-likeness (QED) is 0.171. The molecular weight excluding hydrogens is 466 g/mol. The molecule has 0 aliphatic rings. The largest absolute Gasteiger partial charge is 0.422 e. The second-order valence-electron chi connectivity index (χ2n) is 7.38. The molecule has 0 heterocycles. The zero-order chi connectivity index (χ0) is 24.7. The normalized spacial score (nSPS) is 11.4. The van der Waals surface area contributed by atoms with Gasteiger partial charge in [0.05, 0.1) is 23.2 Å². The van der Waals surface area contributed by atoms with Crippen molar-refractivity contribution in [3.05, 3.63) is 108 Å². The number of nitrogens with zero attached hydrogens (tertiary/aromatic N) is 1. The summed E-state index contributed by atoms with van der Waals surface area (Å²) in [6.45, 7) is -0.500. The molecule has 0 fully saturated rings. The number of hydrazone groups is 1. The number of nitrogens with one attached hydrogen (secondary N) is 2. The van der Waals surface area contributed by atoms with Gasteiger partial charge in [-0.25, -0.2) is 23.4 Å². The van der Waals surface area contributed by atoms with Gasteiger partial charge in [0, 0.05) is 5.56 Å². The third-order valence-electron chi connectivity index (χ3n) is 5.00. The Bertz CT molecular complexity index is 1490. The zero-order valence-corrected chi connectivity index (χ0v) is 19.2. The zero-order valence-electron chi connectivity index (χ0n) is 18.4. The monoisotopic (exact) mass is 487 g/mol. The Labute approximate surface area is 202 Å². The topological polar surface area (TPSA) is 114 Å². The molecule has 0 saturated heterocycles. The van der Waals surface area contributed by atoms with Crippen molar-refractivity contribution < 1.29 is 22.7 Å². The van der Waals surface area contributed by atoms with E-state index in [-0.39, 0.29) is 10.6 Å². The second-order valence-corrected chi connectivity index (χ2v) is 9.15. The fraction of sp³-hybridized carbons (Fsp3) is 0.0385. The van der Waals surface area contributed by atoms with Crippen LogP contribution in [0, 0.1) is 0 Å². The fourth-order valence-corrected chi connectivity index (χ4v) is 4.29. The Morgan fingerprint density at radius 1 is 0.829 bits per heavy atom. The number of esters is 1. The number of hydrogen-bond donors (Lipinski definition) is 2. The van der Waals surface area contributed by atoms with Gasteiger partial charge in [0.15, 0.2) is 0 Å². The van der Waals surface area contributed by atoms with E-state index >= 15 is 0 Å². The molecule has 35 heavy (non-hydrogen) atoms. The van der Waals surface area contributed by atoms with Crippen LogP contribution in [0.3, 0.4) is 0 Å². The lowest BCUT2D eigenvalue weighted by Gasteiger charge is -2.10. The van der Waals surface area contributed by atoms with Crippen LogP contribution in [0.5, 0.6) is 5.75 Å². The molecule has 1 amide bonds. The Morgan fingerprint density at radius 3 is 2.23 bits per heavy atom. The van der Waals surface area contributed by atoms with Crippen LogP contribution < -0.4 is 14.9 Å². The number of carbonyl (C=O) groups is 2. The number of rotatable bonds is 8. The first-order valence-electron chi connectivity index (χ1n) is 10.6. The van der Waals surface area contributed by atoms with E-state index in [2.05, 4.69) is 15.2 Å². The number of fused-ring (bicyclic) bond motifs is 1. The van der Waals surface area contributed by atoms with E-state index < -0.39 is 28.4 Å². The predicted octanol–water partition coefficient (Wildman–Crippen LogP) is 3.49. The van der Waals surface area contributed by atoms with Gasteiger partial charge in [-0.2, -0.15) is 5.10 Å². The molecule has 4 aromatic carbocycles. The minimum atomic E-state index is -3.83. The van der Waals surface area contributed by atoms with Crippen molar-refractivity contribution in [2.45, 2.75) is 4.90 Å². The van der Waals surface area contributed by atoms with Gasteiger partial charge in [-0.05, 0) is 41.1 Å². The van der Waals surface area contributed by atoms with Crippen molar-refractivity contribution in [2.24, 2.45) is 5.10 Å². The minimum Gasteiger partial charge on any atom is -0.422 e. The Balaban J connectivity index is 1.49. The third-order valence-corrected chi connectivity index (χ3v) is 6.42. The van der Waals surface area contributed by atoms with Crippen molar-refractivity contribution in [2.75, 3.05) is 6.54 Å². The van der Waals surface area contributed by atoms with E-state index in [1.807, 2.05) is 30.3 Å². The van der Waals surface area contributed by atoms with E-state index in [4.69, 9.17) is 4.74 Å². The van der Waals surface area contributed by atoms with Gasteiger partial charge in [0.2, 0.25) is 10.0 Å². The standard InChI is InChI=1S/C26H21N3O5S/c30-25(18-28-35(32,33)21-12-5-2-6-13-21)29-27-17-23-22-14-8-7-9-19(22)15-16-24(23)34-26(31)20-10-3-1-4-11-20/h1-17,28H,18H2,(H,29,30). The molecule has 0 radical (unpaired) electrons. The van der Waals surface area contributed by atoms with Crippen molar-refractivity contribution in [3.8, 4) is 5.75 Å². The highest BCUT2D eigenvalue weighted by atomic mass is 32.2. The summed E-state index contributed by atoms with van der Waals surface area (Å²) in [5, 5.41) is 5.60. The molecule has 4 aromatic rings. The average Bonchev–Trinajstić information content (AvgIpc) is 2.89. The van der Waals surface area contributed by atoms with Gasteiger partial charge < -0.3 is 4.74 Å². The van der Waals surface area contributed by atoms with Gasteiger partial charge in [0.1, 0.15) is 5.75 Å². The van der Waals surface area contributed by atoms with E-state index in [0.29, 0.717) is 11.1 Å². The number of amides is 1. The van der Waals surface area contributed by atoms with Gasteiger partial charge in [-0.1, -0.05) is 66.7 Å². The van der Waals surface area contributed by atoms with Crippen LogP contribution in [0.1, 0.15) is 15.9 Å². The SMILES string of the molecule is O=C(CNS(=O)(=O)c1ccccc1)NN=Cc1c(OC(=O)c2ccccc2)ccc2ccccc12. The van der Waals surface area contributed by atoms with E-state index in [1.54, 1.807) is 54.6 Å². The van der Waals surface area contributed by atoms with Crippen LogP contribution in [0.2, 0.25) is 0 Å². The summed E-state index contributed by atoms with van der Waals surface area (Å²) >= 11 is 0. The van der Waals surface area contributed by atoms with Gasteiger partial charge in [-0.15, -0.1) is 0 Å². The van der Waals surface area contributed by atoms with Crippen LogP contribution in [0.15, 0.2) is 107 Å². The Hall–Kier alpha value is -4.34. The van der Waals surface area contributed by atoms with Crippen LogP contribution in [0.4, 0.5) is 0 Å². The molecule has 0 unspecified atom stereocenters. The number of carbonyl (C=O) groups excluding carboxylic acids is 2. The fourth-order valence-electron chi connectivity index (χ4n) is 3.28. The summed E-state index contributed by atoms with van der Waals surface area (Å²) in [5.74, 6) is -0.931. The molecule has 0 aromatic heterocycles. The number of sulfonamides is 1. The maximum absolute atomic E-state index is 12.6. The summed E-state index contributed by atoms with van der Waals surface area (Å²) in [6.07, 6.45) is 1.36. The lowest BCUT2D eigenvalue weighted by atomic mass is 10.0. The molecule has 0 bridgehead atoms. The van der Waals surface area contributed by atoms with Crippen LogP contribution in [0.25, 0.3) is 10.8 Å². The lowest BCUT2D eigenvalue weighted by Crippen LogP contribution is -2.34. The third kappa shape index (κ3) is 5.97. The minimum absolute atomic E-state index is 0.0527. The molecule has 0 spiro atoms. The molecular formula is C26H21N3O5S. The summed E-state index contributed by atoms with van der Waals surface area (Å²) in [5.41, 5.74) is 3.17. The molecule has 2 N–H and O–H groups in total. The maximum atomic E-state index is 12.6. The number of ether oxygens (including phenoxy) is 1. The smallest absolute Gasteiger partial charge is 0.343 e. The molecule has 9 heteroatoms. The Kier molecular flexibility index (Phi) is 7.30. The first-order chi connectivity index (χ1) is 16.9. The highest BCUT2D eigenvalue weighted by Crippen LogP contribution is 2.27. The first-order valence-corrected chi connectivity index (χ1v) is 12.1. The number of hydrogen-bond acceptors (Lipinski definition) is 6. The predicted molar refractivity (Wildman–Crippen MR) is 133 cm³/mol. The average molecular weight is 488 g/mol. The Morgan fingerprint density at radius 2 is 1.49 bits per heavy atom. The van der Waals surface area contributed by atoms with E-state index in [9.17, 15) is 18.0 Å². The van der Waals surface area contributed by atoms with Crippen molar-refractivity contribution in [3.63, 3.8) is 0 Å². The summed E-state index contributed by atoms with van der Waals surface area (Å²) in [7, 11) is -3.83. The summed E-state index contributed by atoms with van der Waals surface area (Å²) < 4.78 is 32.4. The molecule has 0 saturated carbocycles. The highest BCUT2D eigenvalue weighted by Gasteiger charge is 2.15. The molecule has 0 aliphatic carbocycles. The molecule has 176 valence electrons. The van der Waals surface area contributed by atoms with E-state index in [1.165, 1.54) is 18.3 Å². The lowest BCUT2D eigenvalue weighted by molar-refractivity contribution is -0.119. The first kappa shape index (κ1) is 23.8. The van der Waals surface area contributed by atoms with Crippen LogP contribution in [-0.2, 0) is 14.8 Å². The summed E-state index contributed by atoms with van der Waals surface area (Å²) in [4.78, 5) is 24.8. The highest BCUT2D eigenvalue weighted by molar-refractivity contribution is 7.89. The molecule has 0 atom stereocenters. The van der Waals surface area contributed by atoms with Crippen molar-refractivity contribution >= 4 is 38.9 Å². The van der Waals surface area contributed by atoms with Gasteiger partial charge in [-0.3, -0.25) is 4.79 Å². The van der Waals surface area contributed by atoms with Crippen LogP contribution in [-0.4, -0.2) is 33.1 Å². The molecule has 4 rings (SSSR count). The maximum Gasteiger partial charge on any atom is 0.343 e. The second kappa shape index (κ2) is 10.7. The molecule has 8 nitrogen and oxygen atoms in total. The van der Waals surface area contributed by atoms with Gasteiger partial charge in [0.25, 0.3) is 5.91 Å². The van der Waals surface area contributed by atoms with Gasteiger partial charge >= 0.3 is 5.97 Å². The summed E-state index contributed by atoms with van der Waals surface area (Å²) in [6, 6.07) is 27.2. The van der Waals surface area contributed by atoms with Crippen molar-refractivity contribution in [1.29, 1.82) is 0 Å².